The lowest BCUT2D eigenvalue weighted by Crippen LogP contribution is -2.29. The summed E-state index contributed by atoms with van der Waals surface area (Å²) >= 11 is 3.08. The molecule has 2 aromatic carbocycles. The zero-order valence-corrected chi connectivity index (χ0v) is 21.6. The van der Waals surface area contributed by atoms with Gasteiger partial charge in [0.2, 0.25) is 5.95 Å². The summed E-state index contributed by atoms with van der Waals surface area (Å²) in [6.07, 6.45) is 4.86. The van der Waals surface area contributed by atoms with Gasteiger partial charge in [0.15, 0.2) is 4.34 Å². The molecule has 1 aliphatic heterocycles. The molecule has 1 aliphatic rings. The average molecular weight is 510 g/mol. The molecular weight excluding hydrogens is 478 g/mol. The number of anilines is 2. The highest BCUT2D eigenvalue weighted by molar-refractivity contribution is 8.02. The van der Waals surface area contributed by atoms with Gasteiger partial charge in [0.1, 0.15) is 5.75 Å². The monoisotopic (exact) mass is 509 g/mol. The van der Waals surface area contributed by atoms with Crippen LogP contribution in [-0.4, -0.2) is 50.9 Å². The fourth-order valence-corrected chi connectivity index (χ4v) is 5.80. The summed E-state index contributed by atoms with van der Waals surface area (Å²) in [4.78, 5) is 11.7. The largest absolute Gasteiger partial charge is 0.494 e. The van der Waals surface area contributed by atoms with Crippen molar-refractivity contribution < 1.29 is 4.74 Å². The van der Waals surface area contributed by atoms with E-state index < -0.39 is 0 Å². The second-order valence-corrected chi connectivity index (χ2v) is 10.7. The van der Waals surface area contributed by atoms with Gasteiger partial charge in [0.25, 0.3) is 5.95 Å². The zero-order valence-electron chi connectivity index (χ0n) is 19.9. The summed E-state index contributed by atoms with van der Waals surface area (Å²) in [5, 5.41) is 7.78. The number of aromatic nitrogens is 4. The molecule has 1 saturated heterocycles. The van der Waals surface area contributed by atoms with Crippen molar-refractivity contribution in [2.75, 3.05) is 36.3 Å². The van der Waals surface area contributed by atoms with Crippen LogP contribution in [0.15, 0.2) is 52.9 Å². The standard InChI is InChI=1S/C25H31N7OS2/c1-31-24(28-23(29-31)30-35-25-27-21-11-3-4-12-22(21)34-25)26-13-8-16-33-20-10-7-9-19(17-20)18-32-14-5-2-6-15-32/h3-4,7,9-12,17H,2,5-6,8,13-16,18H2,1H3,(H2,26,28,29,30). The van der Waals surface area contributed by atoms with E-state index in [0.717, 1.165) is 41.1 Å². The predicted molar refractivity (Wildman–Crippen MR) is 144 cm³/mol. The minimum atomic E-state index is 0.557. The van der Waals surface area contributed by atoms with Crippen molar-refractivity contribution >= 4 is 45.4 Å². The summed E-state index contributed by atoms with van der Waals surface area (Å²) in [6, 6.07) is 16.6. The Morgan fingerprint density at radius 1 is 1.06 bits per heavy atom. The van der Waals surface area contributed by atoms with E-state index in [2.05, 4.69) is 54.3 Å². The van der Waals surface area contributed by atoms with Crippen molar-refractivity contribution in [3.8, 4) is 5.75 Å². The Morgan fingerprint density at radius 3 is 2.83 bits per heavy atom. The first kappa shape index (κ1) is 23.9. The Morgan fingerprint density at radius 2 is 1.94 bits per heavy atom. The second-order valence-electron chi connectivity index (χ2n) is 8.65. The van der Waals surface area contributed by atoms with E-state index in [1.807, 2.05) is 31.3 Å². The molecule has 0 saturated carbocycles. The molecule has 35 heavy (non-hydrogen) atoms. The average Bonchev–Trinajstić information content (AvgIpc) is 3.46. The van der Waals surface area contributed by atoms with Gasteiger partial charge in [0, 0.05) is 32.1 Å². The van der Waals surface area contributed by atoms with Crippen LogP contribution in [0.5, 0.6) is 5.75 Å². The minimum absolute atomic E-state index is 0.557. The van der Waals surface area contributed by atoms with E-state index >= 15 is 0 Å². The van der Waals surface area contributed by atoms with Crippen LogP contribution in [0.25, 0.3) is 10.2 Å². The van der Waals surface area contributed by atoms with Crippen LogP contribution in [0.1, 0.15) is 31.2 Å². The molecule has 0 amide bonds. The highest BCUT2D eigenvalue weighted by Crippen LogP contribution is 2.29. The van der Waals surface area contributed by atoms with Gasteiger partial charge < -0.3 is 10.1 Å². The summed E-state index contributed by atoms with van der Waals surface area (Å²) in [5.41, 5.74) is 2.33. The number of nitrogens with zero attached hydrogens (tertiary/aromatic N) is 5. The number of benzene rings is 2. The Labute approximate surface area is 214 Å². The van der Waals surface area contributed by atoms with Crippen molar-refractivity contribution in [2.24, 2.45) is 7.05 Å². The van der Waals surface area contributed by atoms with Crippen molar-refractivity contribution in [3.05, 3.63) is 54.1 Å². The lowest BCUT2D eigenvalue weighted by molar-refractivity contribution is 0.220. The van der Waals surface area contributed by atoms with Crippen LogP contribution in [0.4, 0.5) is 11.9 Å². The topological polar surface area (TPSA) is 80.1 Å². The SMILES string of the molecule is Cn1nc(NSc2nc3ccccc3s2)nc1NCCCOc1cccc(CN2CCCCC2)c1. The second kappa shape index (κ2) is 11.7. The number of thiazole rings is 1. The molecule has 10 heteroatoms. The maximum absolute atomic E-state index is 6.00. The molecule has 2 N–H and O–H groups in total. The van der Waals surface area contributed by atoms with Crippen LogP contribution in [0, 0.1) is 0 Å². The number of hydrogen-bond donors (Lipinski definition) is 2. The predicted octanol–water partition coefficient (Wildman–Crippen LogP) is 5.41. The molecule has 0 radical (unpaired) electrons. The lowest BCUT2D eigenvalue weighted by Gasteiger charge is -2.26. The number of hydrogen-bond acceptors (Lipinski definition) is 9. The summed E-state index contributed by atoms with van der Waals surface area (Å²) in [6.45, 7) is 4.83. The molecule has 1 fully saturated rings. The van der Waals surface area contributed by atoms with E-state index in [1.54, 1.807) is 16.0 Å². The van der Waals surface area contributed by atoms with Crippen molar-refractivity contribution in [2.45, 2.75) is 36.6 Å². The fourth-order valence-electron chi connectivity index (χ4n) is 4.14. The fraction of sp³-hybridized carbons (Fsp3) is 0.400. The lowest BCUT2D eigenvalue weighted by atomic mass is 10.1. The number of para-hydroxylation sites is 1. The molecule has 2 aromatic heterocycles. The van der Waals surface area contributed by atoms with Gasteiger partial charge in [0.05, 0.1) is 16.8 Å². The summed E-state index contributed by atoms with van der Waals surface area (Å²) in [5.74, 6) is 2.22. The van der Waals surface area contributed by atoms with Gasteiger partial charge in [-0.1, -0.05) is 30.7 Å². The molecule has 184 valence electrons. The van der Waals surface area contributed by atoms with E-state index in [4.69, 9.17) is 4.74 Å². The molecule has 0 aliphatic carbocycles. The molecular formula is C25H31N7OS2. The quantitative estimate of drug-likeness (QED) is 0.205. The normalized spacial score (nSPS) is 14.3. The molecule has 3 heterocycles. The van der Waals surface area contributed by atoms with E-state index in [1.165, 1.54) is 54.6 Å². The van der Waals surface area contributed by atoms with Crippen LogP contribution in [0.3, 0.4) is 0 Å². The van der Waals surface area contributed by atoms with Crippen LogP contribution >= 0.6 is 23.3 Å². The number of piperidine rings is 1. The van der Waals surface area contributed by atoms with Crippen LogP contribution in [-0.2, 0) is 13.6 Å². The number of rotatable bonds is 11. The van der Waals surface area contributed by atoms with E-state index in [-0.39, 0.29) is 0 Å². The van der Waals surface area contributed by atoms with Crippen molar-refractivity contribution in [1.82, 2.24) is 24.6 Å². The Balaban J connectivity index is 1.04. The molecule has 5 rings (SSSR count). The van der Waals surface area contributed by atoms with Gasteiger partial charge in [-0.25, -0.2) is 9.67 Å². The molecule has 0 bridgehead atoms. The third kappa shape index (κ3) is 6.65. The maximum Gasteiger partial charge on any atom is 0.254 e. The van der Waals surface area contributed by atoms with Crippen molar-refractivity contribution in [3.63, 3.8) is 0 Å². The Kier molecular flexibility index (Phi) is 8.02. The third-order valence-corrected chi connectivity index (χ3v) is 7.77. The van der Waals surface area contributed by atoms with Gasteiger partial charge >= 0.3 is 0 Å². The zero-order chi connectivity index (χ0) is 23.9. The van der Waals surface area contributed by atoms with E-state index in [9.17, 15) is 0 Å². The molecule has 0 atom stereocenters. The number of likely N-dealkylation sites (tertiary alicyclic amines) is 1. The van der Waals surface area contributed by atoms with Gasteiger partial charge in [-0.05, 0) is 62.2 Å². The first-order valence-corrected chi connectivity index (χ1v) is 13.7. The molecule has 0 spiro atoms. The molecule has 0 unspecified atom stereocenters. The smallest absolute Gasteiger partial charge is 0.254 e. The summed E-state index contributed by atoms with van der Waals surface area (Å²) < 4.78 is 13.0. The number of fused-ring (bicyclic) bond motifs is 1. The van der Waals surface area contributed by atoms with Crippen LogP contribution < -0.4 is 14.8 Å². The van der Waals surface area contributed by atoms with Crippen LogP contribution in [0.2, 0.25) is 0 Å². The number of nitrogens with one attached hydrogen (secondary N) is 2. The first-order valence-electron chi connectivity index (χ1n) is 12.1. The molecule has 8 nitrogen and oxygen atoms in total. The number of aryl methyl sites for hydroxylation is 1. The highest BCUT2D eigenvalue weighted by Gasteiger charge is 2.11. The molecule has 4 aromatic rings. The van der Waals surface area contributed by atoms with Gasteiger partial charge in [-0.3, -0.25) is 9.62 Å². The third-order valence-electron chi connectivity index (χ3n) is 5.89. The minimum Gasteiger partial charge on any atom is -0.494 e. The first-order chi connectivity index (χ1) is 17.2. The Bertz CT molecular complexity index is 1200. The maximum atomic E-state index is 6.00. The van der Waals surface area contributed by atoms with Gasteiger partial charge in [-0.2, -0.15) is 4.98 Å². The van der Waals surface area contributed by atoms with Crippen molar-refractivity contribution in [1.29, 1.82) is 0 Å². The summed E-state index contributed by atoms with van der Waals surface area (Å²) in [7, 11) is 1.88. The van der Waals surface area contributed by atoms with E-state index in [0.29, 0.717) is 12.6 Å². The number of ether oxygens (including phenoxy) is 1. The Hall–Kier alpha value is -2.82. The highest BCUT2D eigenvalue weighted by atomic mass is 32.2. The van der Waals surface area contributed by atoms with Gasteiger partial charge in [-0.15, -0.1) is 16.4 Å².